The molecule has 8 nitrogen and oxygen atoms in total. The standard InChI is InChI=1S/C30H45NO7/c1-18(2)10-13-23-27(34)19(3)9-8-14-30(7)25(38-30)15-22(12-11-21-17-36-20(4)31-21)37-26(33)16-24(32)29(5,6)28(23)35/h10-12,17,19,22-25,27,32,34H,8-9,13-16H2,1-7H3/t19-,22+,23+,24-,25?,27+,30?/m0/s1. The van der Waals surface area contributed by atoms with E-state index in [9.17, 15) is 19.8 Å². The number of aryl methyl sites for hydroxylation is 1. The molecule has 212 valence electrons. The minimum absolute atomic E-state index is 0.0783. The summed E-state index contributed by atoms with van der Waals surface area (Å²) in [5, 5.41) is 22.3. The second kappa shape index (κ2) is 12.3. The van der Waals surface area contributed by atoms with Gasteiger partial charge >= 0.3 is 5.97 Å². The molecule has 2 N–H and O–H groups in total. The van der Waals surface area contributed by atoms with Crippen molar-refractivity contribution in [1.29, 1.82) is 0 Å². The lowest BCUT2D eigenvalue weighted by atomic mass is 9.71. The van der Waals surface area contributed by atoms with E-state index in [1.807, 2.05) is 26.8 Å². The van der Waals surface area contributed by atoms with Crippen molar-refractivity contribution < 1.29 is 33.7 Å². The highest BCUT2D eigenvalue weighted by Gasteiger charge is 2.52. The van der Waals surface area contributed by atoms with Gasteiger partial charge in [-0.2, -0.15) is 0 Å². The maximum Gasteiger partial charge on any atom is 0.309 e. The number of rotatable bonds is 4. The van der Waals surface area contributed by atoms with Crippen LogP contribution in [0.5, 0.6) is 0 Å². The number of allylic oxidation sites excluding steroid dienone is 2. The molecule has 3 rings (SSSR count). The average Bonchev–Trinajstić information content (AvgIpc) is 3.26. The number of aromatic nitrogens is 1. The van der Waals surface area contributed by atoms with Gasteiger partial charge in [0, 0.05) is 19.3 Å². The van der Waals surface area contributed by atoms with Crippen molar-refractivity contribution >= 4 is 17.8 Å². The van der Waals surface area contributed by atoms with Gasteiger partial charge in [0.05, 0.1) is 35.7 Å². The first-order chi connectivity index (χ1) is 17.7. The number of nitrogens with zero attached hydrogens (tertiary/aromatic N) is 1. The van der Waals surface area contributed by atoms with E-state index in [-0.39, 0.29) is 29.8 Å². The van der Waals surface area contributed by atoms with Crippen LogP contribution in [0.25, 0.3) is 6.08 Å². The molecule has 1 aromatic rings. The molecule has 0 spiro atoms. The summed E-state index contributed by atoms with van der Waals surface area (Å²) in [4.78, 5) is 31.0. The smallest absolute Gasteiger partial charge is 0.309 e. The zero-order valence-electron chi connectivity index (χ0n) is 23.9. The zero-order chi connectivity index (χ0) is 28.3. The molecule has 1 aromatic heterocycles. The number of fused-ring (bicyclic) bond motifs is 1. The topological polar surface area (TPSA) is 122 Å². The lowest BCUT2D eigenvalue weighted by Crippen LogP contribution is -2.46. The molecule has 0 aliphatic carbocycles. The van der Waals surface area contributed by atoms with Gasteiger partial charge in [-0.3, -0.25) is 9.59 Å². The molecule has 2 aliphatic heterocycles. The van der Waals surface area contributed by atoms with Gasteiger partial charge < -0.3 is 24.1 Å². The highest BCUT2D eigenvalue weighted by Crippen LogP contribution is 2.44. The van der Waals surface area contributed by atoms with Gasteiger partial charge in [0.2, 0.25) is 0 Å². The summed E-state index contributed by atoms with van der Waals surface area (Å²) in [5.41, 5.74) is 0.0886. The maximum absolute atomic E-state index is 13.7. The molecular formula is C30H45NO7. The molecule has 2 aliphatic rings. The van der Waals surface area contributed by atoms with E-state index in [1.54, 1.807) is 32.9 Å². The minimum atomic E-state index is -1.27. The van der Waals surface area contributed by atoms with E-state index in [2.05, 4.69) is 11.9 Å². The number of cyclic esters (lactones) is 1. The van der Waals surface area contributed by atoms with Crippen LogP contribution in [0.15, 0.2) is 28.4 Å². The monoisotopic (exact) mass is 531 g/mol. The Kier molecular flexibility index (Phi) is 9.76. The fourth-order valence-corrected chi connectivity index (χ4v) is 5.23. The van der Waals surface area contributed by atoms with Crippen molar-refractivity contribution in [2.75, 3.05) is 0 Å². The number of carbonyl (C=O) groups is 2. The Morgan fingerprint density at radius 2 is 1.92 bits per heavy atom. The van der Waals surface area contributed by atoms with E-state index >= 15 is 0 Å². The first kappa shape index (κ1) is 30.3. The lowest BCUT2D eigenvalue weighted by molar-refractivity contribution is -0.154. The predicted molar refractivity (Wildman–Crippen MR) is 144 cm³/mol. The summed E-state index contributed by atoms with van der Waals surface area (Å²) >= 11 is 0. The lowest BCUT2D eigenvalue weighted by Gasteiger charge is -2.35. The second-order valence-electron chi connectivity index (χ2n) is 12.1. The average molecular weight is 532 g/mol. The third-order valence-electron chi connectivity index (χ3n) is 8.16. The second-order valence-corrected chi connectivity index (χ2v) is 12.1. The van der Waals surface area contributed by atoms with Crippen molar-refractivity contribution in [3.05, 3.63) is 35.6 Å². The number of ketones is 1. The van der Waals surface area contributed by atoms with Crippen molar-refractivity contribution in [3.63, 3.8) is 0 Å². The molecule has 0 saturated carbocycles. The van der Waals surface area contributed by atoms with Crippen molar-refractivity contribution in [3.8, 4) is 0 Å². The van der Waals surface area contributed by atoms with Crippen molar-refractivity contribution in [1.82, 2.24) is 4.98 Å². The molecule has 0 radical (unpaired) electrons. The number of aliphatic hydroxyl groups excluding tert-OH is 2. The highest BCUT2D eigenvalue weighted by molar-refractivity contribution is 5.88. The summed E-state index contributed by atoms with van der Waals surface area (Å²) in [6.45, 7) is 13.0. The van der Waals surface area contributed by atoms with Gasteiger partial charge in [-0.05, 0) is 58.1 Å². The first-order valence-electron chi connectivity index (χ1n) is 13.7. The van der Waals surface area contributed by atoms with Crippen LogP contribution in [-0.2, 0) is 19.1 Å². The molecule has 2 fully saturated rings. The van der Waals surface area contributed by atoms with E-state index in [0.29, 0.717) is 24.4 Å². The van der Waals surface area contributed by atoms with Crippen LogP contribution in [0.4, 0.5) is 0 Å². The van der Waals surface area contributed by atoms with Crippen LogP contribution in [-0.4, -0.2) is 57.0 Å². The largest absolute Gasteiger partial charge is 0.458 e. The van der Waals surface area contributed by atoms with E-state index < -0.39 is 35.6 Å². The SMILES string of the molecule is CC(C)=CC[C@H]1C(=O)C(C)(C)[C@@H](O)CC(=O)O[C@H](C=Cc2coc(C)n2)CC2OC2(C)CCC[C@H](C)[C@H]1O. The summed E-state index contributed by atoms with van der Waals surface area (Å²) in [6, 6.07) is 0. The summed E-state index contributed by atoms with van der Waals surface area (Å²) in [6.07, 6.45) is 7.09. The normalized spacial score (nSPS) is 35.0. The third-order valence-corrected chi connectivity index (χ3v) is 8.16. The fourth-order valence-electron chi connectivity index (χ4n) is 5.23. The third kappa shape index (κ3) is 7.64. The van der Waals surface area contributed by atoms with Gasteiger partial charge in [0.15, 0.2) is 5.89 Å². The maximum atomic E-state index is 13.7. The number of epoxide rings is 1. The Hall–Kier alpha value is -2.29. The van der Waals surface area contributed by atoms with Crippen LogP contribution in [0.1, 0.15) is 91.7 Å². The molecule has 7 atom stereocenters. The molecule has 2 saturated heterocycles. The van der Waals surface area contributed by atoms with Crippen molar-refractivity contribution in [2.45, 2.75) is 117 Å². The molecule has 38 heavy (non-hydrogen) atoms. The Morgan fingerprint density at radius 1 is 1.21 bits per heavy atom. The summed E-state index contributed by atoms with van der Waals surface area (Å²) < 4.78 is 17.1. The van der Waals surface area contributed by atoms with E-state index in [0.717, 1.165) is 24.8 Å². The molecule has 3 heterocycles. The number of aliphatic hydroxyl groups is 2. The zero-order valence-corrected chi connectivity index (χ0v) is 23.9. The first-order valence-corrected chi connectivity index (χ1v) is 13.7. The number of hydrogen-bond donors (Lipinski definition) is 2. The van der Waals surface area contributed by atoms with Gasteiger partial charge in [-0.25, -0.2) is 4.98 Å². The van der Waals surface area contributed by atoms with E-state index in [1.165, 1.54) is 6.26 Å². The number of esters is 1. The summed E-state index contributed by atoms with van der Waals surface area (Å²) in [7, 11) is 0. The van der Waals surface area contributed by atoms with E-state index in [4.69, 9.17) is 13.9 Å². The number of hydrogen-bond acceptors (Lipinski definition) is 8. The Balaban J connectivity index is 1.86. The number of oxazole rings is 1. The van der Waals surface area contributed by atoms with Crippen LogP contribution in [0, 0.1) is 24.2 Å². The predicted octanol–water partition coefficient (Wildman–Crippen LogP) is 4.96. The Labute approximate surface area is 226 Å². The fraction of sp³-hybridized carbons (Fsp3) is 0.700. The Morgan fingerprint density at radius 3 is 2.55 bits per heavy atom. The molecule has 2 unspecified atom stereocenters. The van der Waals surface area contributed by atoms with Gasteiger partial charge in [0.1, 0.15) is 23.8 Å². The van der Waals surface area contributed by atoms with Crippen LogP contribution >= 0.6 is 0 Å². The number of carbonyl (C=O) groups excluding carboxylic acids is 2. The molecular weight excluding hydrogens is 486 g/mol. The van der Waals surface area contributed by atoms with Crippen LogP contribution in [0.3, 0.4) is 0 Å². The molecule has 0 amide bonds. The quantitative estimate of drug-likeness (QED) is 0.318. The Bertz CT molecular complexity index is 1040. The summed E-state index contributed by atoms with van der Waals surface area (Å²) in [5.74, 6) is -1.11. The molecule has 8 heteroatoms. The number of Topliss-reactive ketones (excluding diaryl/α,β-unsaturated/α-hetero) is 1. The molecule has 0 aromatic carbocycles. The molecule has 0 bridgehead atoms. The minimum Gasteiger partial charge on any atom is -0.458 e. The van der Waals surface area contributed by atoms with Crippen molar-refractivity contribution in [2.24, 2.45) is 17.3 Å². The van der Waals surface area contributed by atoms with Gasteiger partial charge in [-0.15, -0.1) is 0 Å². The van der Waals surface area contributed by atoms with Gasteiger partial charge in [-0.1, -0.05) is 38.8 Å². The number of ether oxygens (including phenoxy) is 2. The van der Waals surface area contributed by atoms with Crippen LogP contribution < -0.4 is 0 Å². The highest BCUT2D eigenvalue weighted by atomic mass is 16.6. The van der Waals surface area contributed by atoms with Crippen LogP contribution in [0.2, 0.25) is 0 Å². The van der Waals surface area contributed by atoms with Gasteiger partial charge in [0.25, 0.3) is 0 Å².